The third-order valence-electron chi connectivity index (χ3n) is 1.88. The zero-order valence-corrected chi connectivity index (χ0v) is 9.80. The molecule has 0 aromatic heterocycles. The van der Waals surface area contributed by atoms with Crippen molar-refractivity contribution in [1.82, 2.24) is 5.32 Å². The molecule has 1 rings (SSSR count). The first-order valence-corrected chi connectivity index (χ1v) is 5.02. The van der Waals surface area contributed by atoms with Crippen LogP contribution in [0.1, 0.15) is 31.1 Å². The summed E-state index contributed by atoms with van der Waals surface area (Å²) in [7, 11) is 0. The van der Waals surface area contributed by atoms with Gasteiger partial charge in [0, 0.05) is 11.1 Å². The molecule has 0 spiro atoms. The molecule has 0 atom stereocenters. The summed E-state index contributed by atoms with van der Waals surface area (Å²) < 4.78 is 25.5. The number of nitrogens with one attached hydrogen (secondary N) is 1. The van der Waals surface area contributed by atoms with Crippen molar-refractivity contribution in [2.24, 2.45) is 0 Å². The molecule has 1 aromatic rings. The zero-order valence-electron chi connectivity index (χ0n) is 9.80. The summed E-state index contributed by atoms with van der Waals surface area (Å²) in [4.78, 5) is 23.1. The smallest absolute Gasteiger partial charge is 0.292 e. The maximum Gasteiger partial charge on any atom is 0.292 e. The van der Waals surface area contributed by atoms with Crippen molar-refractivity contribution < 1.29 is 18.4 Å². The van der Waals surface area contributed by atoms with E-state index in [1.807, 2.05) is 0 Å². The highest BCUT2D eigenvalue weighted by Gasteiger charge is 2.22. The number of ketones is 1. The molecule has 0 aliphatic rings. The first-order chi connectivity index (χ1) is 7.70. The molecule has 0 heterocycles. The Kier molecular flexibility index (Phi) is 3.60. The van der Waals surface area contributed by atoms with Gasteiger partial charge in [-0.25, -0.2) is 8.78 Å². The third-order valence-corrected chi connectivity index (χ3v) is 1.88. The number of amides is 1. The van der Waals surface area contributed by atoms with E-state index in [0.29, 0.717) is 6.07 Å². The molecule has 0 aliphatic heterocycles. The lowest BCUT2D eigenvalue weighted by Gasteiger charge is -2.19. The minimum absolute atomic E-state index is 0.175. The van der Waals surface area contributed by atoms with Crippen molar-refractivity contribution >= 4 is 11.7 Å². The van der Waals surface area contributed by atoms with Gasteiger partial charge in [-0.3, -0.25) is 9.59 Å². The number of hydrogen-bond donors (Lipinski definition) is 1. The van der Waals surface area contributed by atoms with E-state index in [0.717, 1.165) is 12.1 Å². The zero-order chi connectivity index (χ0) is 13.2. The van der Waals surface area contributed by atoms with Gasteiger partial charge in [0.1, 0.15) is 0 Å². The third kappa shape index (κ3) is 3.62. The van der Waals surface area contributed by atoms with Crippen LogP contribution in [0.2, 0.25) is 0 Å². The minimum atomic E-state index is -1.15. The van der Waals surface area contributed by atoms with Gasteiger partial charge in [-0.1, -0.05) is 0 Å². The second kappa shape index (κ2) is 4.61. The van der Waals surface area contributed by atoms with Crippen LogP contribution in [0.25, 0.3) is 0 Å². The highest BCUT2D eigenvalue weighted by Crippen LogP contribution is 2.10. The molecule has 0 radical (unpaired) electrons. The van der Waals surface area contributed by atoms with Gasteiger partial charge in [0.25, 0.3) is 5.91 Å². The predicted molar refractivity (Wildman–Crippen MR) is 58.6 cm³/mol. The lowest BCUT2D eigenvalue weighted by Crippen LogP contribution is -2.44. The summed E-state index contributed by atoms with van der Waals surface area (Å²) in [6, 6.07) is 2.59. The largest absolute Gasteiger partial charge is 0.345 e. The molecule has 5 heteroatoms. The van der Waals surface area contributed by atoms with Crippen molar-refractivity contribution in [3.8, 4) is 0 Å². The topological polar surface area (TPSA) is 46.2 Å². The summed E-state index contributed by atoms with van der Waals surface area (Å²) in [5.74, 6) is -3.94. The van der Waals surface area contributed by atoms with Crippen LogP contribution in [-0.4, -0.2) is 17.2 Å². The summed E-state index contributed by atoms with van der Waals surface area (Å²) in [6.45, 7) is 5.14. The Morgan fingerprint density at radius 3 is 2.18 bits per heavy atom. The molecular formula is C12H13F2NO2. The standard InChI is InChI=1S/C12H13F2NO2/c1-12(2,3)15-11(17)10(16)7-4-5-8(13)9(14)6-7/h4-6H,1-3H3,(H,15,17). The second-order valence-corrected chi connectivity index (χ2v) is 4.66. The van der Waals surface area contributed by atoms with Crippen LogP contribution in [0.15, 0.2) is 18.2 Å². The molecule has 0 saturated heterocycles. The molecule has 1 aromatic carbocycles. The SMILES string of the molecule is CC(C)(C)NC(=O)C(=O)c1ccc(F)c(F)c1. The van der Waals surface area contributed by atoms with Crippen molar-refractivity contribution in [1.29, 1.82) is 0 Å². The molecule has 92 valence electrons. The van der Waals surface area contributed by atoms with Gasteiger partial charge in [-0.05, 0) is 39.0 Å². The van der Waals surface area contributed by atoms with E-state index >= 15 is 0 Å². The van der Waals surface area contributed by atoms with Crippen LogP contribution >= 0.6 is 0 Å². The van der Waals surface area contributed by atoms with E-state index in [1.54, 1.807) is 20.8 Å². The summed E-state index contributed by atoms with van der Waals surface area (Å²) in [5, 5.41) is 2.45. The fraction of sp³-hybridized carbons (Fsp3) is 0.333. The molecule has 0 bridgehead atoms. The summed E-state index contributed by atoms with van der Waals surface area (Å²) in [6.07, 6.45) is 0. The highest BCUT2D eigenvalue weighted by molar-refractivity contribution is 6.42. The molecule has 17 heavy (non-hydrogen) atoms. The maximum absolute atomic E-state index is 12.9. The molecule has 0 saturated carbocycles. The molecule has 3 nitrogen and oxygen atoms in total. The van der Waals surface area contributed by atoms with Gasteiger partial charge < -0.3 is 5.32 Å². The van der Waals surface area contributed by atoms with Crippen molar-refractivity contribution in [2.75, 3.05) is 0 Å². The highest BCUT2D eigenvalue weighted by atomic mass is 19.2. The van der Waals surface area contributed by atoms with Gasteiger partial charge in [0.2, 0.25) is 5.78 Å². The Hall–Kier alpha value is -1.78. The normalized spacial score (nSPS) is 11.1. The molecule has 1 N–H and O–H groups in total. The maximum atomic E-state index is 12.9. The monoisotopic (exact) mass is 241 g/mol. The summed E-state index contributed by atoms with van der Waals surface area (Å²) >= 11 is 0. The first-order valence-electron chi connectivity index (χ1n) is 5.02. The second-order valence-electron chi connectivity index (χ2n) is 4.66. The number of Topliss-reactive ketones (excluding diaryl/α,β-unsaturated/α-hetero) is 1. The van der Waals surface area contributed by atoms with Gasteiger partial charge >= 0.3 is 0 Å². The number of carbonyl (C=O) groups is 2. The average molecular weight is 241 g/mol. The van der Waals surface area contributed by atoms with Crippen LogP contribution < -0.4 is 5.32 Å². The molecule has 0 fully saturated rings. The fourth-order valence-electron chi connectivity index (χ4n) is 1.17. The lowest BCUT2D eigenvalue weighted by atomic mass is 10.1. The van der Waals surface area contributed by atoms with Crippen molar-refractivity contribution in [2.45, 2.75) is 26.3 Å². The first kappa shape index (κ1) is 13.3. The van der Waals surface area contributed by atoms with Crippen LogP contribution in [0, 0.1) is 11.6 Å². The van der Waals surface area contributed by atoms with Crippen molar-refractivity contribution in [3.63, 3.8) is 0 Å². The molecule has 0 unspecified atom stereocenters. The lowest BCUT2D eigenvalue weighted by molar-refractivity contribution is -0.118. The van der Waals surface area contributed by atoms with Gasteiger partial charge in [-0.2, -0.15) is 0 Å². The van der Waals surface area contributed by atoms with E-state index in [4.69, 9.17) is 0 Å². The van der Waals surface area contributed by atoms with E-state index < -0.39 is 28.9 Å². The Balaban J connectivity index is 2.90. The van der Waals surface area contributed by atoms with Crippen LogP contribution in [0.3, 0.4) is 0 Å². The fourth-order valence-corrected chi connectivity index (χ4v) is 1.17. The Labute approximate surface area is 97.8 Å². The summed E-state index contributed by atoms with van der Waals surface area (Å²) in [5.41, 5.74) is -0.739. The quantitative estimate of drug-likeness (QED) is 0.636. The Morgan fingerprint density at radius 2 is 1.71 bits per heavy atom. The van der Waals surface area contributed by atoms with Gasteiger partial charge in [0.15, 0.2) is 11.6 Å². The van der Waals surface area contributed by atoms with E-state index in [1.165, 1.54) is 0 Å². The van der Waals surface area contributed by atoms with E-state index in [9.17, 15) is 18.4 Å². The van der Waals surface area contributed by atoms with E-state index in [-0.39, 0.29) is 5.56 Å². The van der Waals surface area contributed by atoms with Gasteiger partial charge in [-0.15, -0.1) is 0 Å². The minimum Gasteiger partial charge on any atom is -0.345 e. The average Bonchev–Trinajstić information content (AvgIpc) is 2.18. The predicted octanol–water partition coefficient (Wildman–Crippen LogP) is 2.06. The van der Waals surface area contributed by atoms with Gasteiger partial charge in [0.05, 0.1) is 0 Å². The number of halogens is 2. The Bertz CT molecular complexity index is 464. The number of carbonyl (C=O) groups excluding carboxylic acids is 2. The molecular weight excluding hydrogens is 228 g/mol. The van der Waals surface area contributed by atoms with Crippen molar-refractivity contribution in [3.05, 3.63) is 35.4 Å². The van der Waals surface area contributed by atoms with Crippen LogP contribution in [0.5, 0.6) is 0 Å². The van der Waals surface area contributed by atoms with Crippen LogP contribution in [0.4, 0.5) is 8.78 Å². The molecule has 1 amide bonds. The molecule has 0 aliphatic carbocycles. The Morgan fingerprint density at radius 1 is 1.12 bits per heavy atom. The number of rotatable bonds is 2. The van der Waals surface area contributed by atoms with Crippen LogP contribution in [-0.2, 0) is 4.79 Å². The number of benzene rings is 1. The number of hydrogen-bond acceptors (Lipinski definition) is 2. The van der Waals surface area contributed by atoms with E-state index in [2.05, 4.69) is 5.32 Å².